The van der Waals surface area contributed by atoms with Crippen molar-refractivity contribution >= 4 is 11.8 Å². The first-order chi connectivity index (χ1) is 7.04. The maximum Gasteiger partial charge on any atom is 0.235 e. The van der Waals surface area contributed by atoms with Gasteiger partial charge in [0.2, 0.25) is 11.8 Å². The molecule has 82 valence electrons. The summed E-state index contributed by atoms with van der Waals surface area (Å²) in [6.07, 6.45) is -1.37. The molecule has 5 heteroatoms. The van der Waals surface area contributed by atoms with Crippen LogP contribution in [0.4, 0.5) is 0 Å². The SMILES string of the molecule is C[C@H]1C(O)C2O[C@H]1C1C(=O)N(C)C(=O)C21. The third-order valence-electron chi connectivity index (χ3n) is 4.03. The Labute approximate surface area is 87.0 Å². The van der Waals surface area contributed by atoms with Gasteiger partial charge < -0.3 is 9.84 Å². The second kappa shape index (κ2) is 2.59. The first-order valence-electron chi connectivity index (χ1n) is 5.19. The van der Waals surface area contributed by atoms with Gasteiger partial charge in [-0.15, -0.1) is 0 Å². The minimum absolute atomic E-state index is 0.0560. The maximum atomic E-state index is 11.8. The fraction of sp³-hybridized carbons (Fsp3) is 0.800. The highest BCUT2D eigenvalue weighted by Crippen LogP contribution is 2.50. The van der Waals surface area contributed by atoms with E-state index in [4.69, 9.17) is 4.74 Å². The van der Waals surface area contributed by atoms with Crippen LogP contribution < -0.4 is 0 Å². The number of amides is 2. The number of likely N-dealkylation sites (tertiary alicyclic amines) is 1. The van der Waals surface area contributed by atoms with Gasteiger partial charge in [-0.2, -0.15) is 0 Å². The monoisotopic (exact) mass is 211 g/mol. The number of rotatable bonds is 0. The zero-order valence-corrected chi connectivity index (χ0v) is 8.58. The fourth-order valence-electron chi connectivity index (χ4n) is 3.14. The molecule has 0 aliphatic carbocycles. The van der Waals surface area contributed by atoms with Gasteiger partial charge in [0.15, 0.2) is 0 Å². The van der Waals surface area contributed by atoms with Gasteiger partial charge in [-0.3, -0.25) is 14.5 Å². The Hall–Kier alpha value is -0.940. The molecule has 3 aliphatic rings. The largest absolute Gasteiger partial charge is 0.390 e. The van der Waals surface area contributed by atoms with Crippen molar-refractivity contribution in [2.45, 2.75) is 25.2 Å². The van der Waals surface area contributed by atoms with Crippen molar-refractivity contribution in [1.29, 1.82) is 0 Å². The van der Waals surface area contributed by atoms with E-state index in [9.17, 15) is 14.7 Å². The zero-order valence-electron chi connectivity index (χ0n) is 8.58. The predicted molar refractivity (Wildman–Crippen MR) is 48.6 cm³/mol. The van der Waals surface area contributed by atoms with E-state index in [1.54, 1.807) is 0 Å². The van der Waals surface area contributed by atoms with Gasteiger partial charge in [-0.1, -0.05) is 6.92 Å². The minimum atomic E-state index is -0.612. The second-order valence-electron chi connectivity index (χ2n) is 4.70. The highest BCUT2D eigenvalue weighted by atomic mass is 16.5. The van der Waals surface area contributed by atoms with Crippen LogP contribution in [0.15, 0.2) is 0 Å². The predicted octanol–water partition coefficient (Wildman–Crippen LogP) is -1.00. The zero-order chi connectivity index (χ0) is 10.9. The van der Waals surface area contributed by atoms with Crippen molar-refractivity contribution in [3.63, 3.8) is 0 Å². The Morgan fingerprint density at radius 1 is 1.20 bits per heavy atom. The van der Waals surface area contributed by atoms with Crippen LogP contribution in [-0.4, -0.2) is 47.2 Å². The van der Waals surface area contributed by atoms with E-state index < -0.39 is 18.1 Å². The van der Waals surface area contributed by atoms with Gasteiger partial charge in [0.1, 0.15) is 0 Å². The Morgan fingerprint density at radius 3 is 2.33 bits per heavy atom. The highest BCUT2D eigenvalue weighted by Gasteiger charge is 2.66. The summed E-state index contributed by atoms with van der Waals surface area (Å²) in [6.45, 7) is 1.86. The molecule has 3 rings (SSSR count). The summed E-state index contributed by atoms with van der Waals surface area (Å²) in [5, 5.41) is 9.82. The van der Waals surface area contributed by atoms with E-state index in [0.717, 1.165) is 0 Å². The summed E-state index contributed by atoms with van der Waals surface area (Å²) in [5.74, 6) is -1.22. The van der Waals surface area contributed by atoms with Gasteiger partial charge in [0, 0.05) is 13.0 Å². The van der Waals surface area contributed by atoms with Gasteiger partial charge in [-0.25, -0.2) is 0 Å². The molecule has 0 aromatic rings. The molecular weight excluding hydrogens is 198 g/mol. The molecule has 0 saturated carbocycles. The molecule has 2 amide bonds. The summed E-state index contributed by atoms with van der Waals surface area (Å²) < 4.78 is 5.53. The van der Waals surface area contributed by atoms with Crippen LogP contribution in [-0.2, 0) is 14.3 Å². The number of nitrogens with zero attached hydrogens (tertiary/aromatic N) is 1. The first-order valence-corrected chi connectivity index (χ1v) is 5.19. The van der Waals surface area contributed by atoms with Crippen LogP contribution in [0.25, 0.3) is 0 Å². The molecule has 6 atom stereocenters. The number of fused-ring (bicyclic) bond motifs is 5. The topological polar surface area (TPSA) is 66.8 Å². The summed E-state index contributed by atoms with van der Waals surface area (Å²) >= 11 is 0. The standard InChI is InChI=1S/C10H13NO4/c1-3-6(12)8-5-4(7(3)15-8)9(13)11(2)10(5)14/h3-8,12H,1-2H3/t3-,4?,5?,6?,7+,8?/m0/s1. The normalized spacial score (nSPS) is 52.9. The van der Waals surface area contributed by atoms with Crippen molar-refractivity contribution in [3.8, 4) is 0 Å². The number of carbonyl (C=O) groups excluding carboxylic acids is 2. The molecule has 3 heterocycles. The van der Waals surface area contributed by atoms with Gasteiger partial charge >= 0.3 is 0 Å². The number of imide groups is 1. The van der Waals surface area contributed by atoms with Crippen LogP contribution in [0.3, 0.4) is 0 Å². The second-order valence-corrected chi connectivity index (χ2v) is 4.70. The molecule has 3 aliphatic heterocycles. The van der Waals surface area contributed by atoms with Gasteiger partial charge in [0.25, 0.3) is 0 Å². The van der Waals surface area contributed by atoms with Crippen molar-refractivity contribution in [2.75, 3.05) is 7.05 Å². The Kier molecular flexibility index (Phi) is 1.61. The lowest BCUT2D eigenvalue weighted by molar-refractivity contribution is -0.141. The average Bonchev–Trinajstić information content (AvgIpc) is 2.79. The number of aliphatic hydroxyl groups is 1. The van der Waals surface area contributed by atoms with Crippen molar-refractivity contribution < 1.29 is 19.4 Å². The van der Waals surface area contributed by atoms with Gasteiger partial charge in [0.05, 0.1) is 30.1 Å². The summed E-state index contributed by atoms with van der Waals surface area (Å²) in [5.41, 5.74) is 0. The summed E-state index contributed by atoms with van der Waals surface area (Å²) in [4.78, 5) is 24.7. The third kappa shape index (κ3) is 0.862. The number of carbonyl (C=O) groups is 2. The van der Waals surface area contributed by atoms with Crippen molar-refractivity contribution in [1.82, 2.24) is 4.90 Å². The van der Waals surface area contributed by atoms with E-state index in [1.165, 1.54) is 11.9 Å². The van der Waals surface area contributed by atoms with Crippen LogP contribution >= 0.6 is 0 Å². The highest BCUT2D eigenvalue weighted by molar-refractivity contribution is 6.06. The summed E-state index contributed by atoms with van der Waals surface area (Å²) in [7, 11) is 1.50. The third-order valence-corrected chi connectivity index (χ3v) is 4.03. The van der Waals surface area contributed by atoms with Crippen LogP contribution in [0.1, 0.15) is 6.92 Å². The molecular formula is C10H13NO4. The molecule has 15 heavy (non-hydrogen) atoms. The molecule has 5 nitrogen and oxygen atoms in total. The van der Waals surface area contributed by atoms with E-state index in [0.29, 0.717) is 0 Å². The van der Waals surface area contributed by atoms with Crippen LogP contribution in [0, 0.1) is 17.8 Å². The van der Waals surface area contributed by atoms with E-state index >= 15 is 0 Å². The fourth-order valence-corrected chi connectivity index (χ4v) is 3.14. The van der Waals surface area contributed by atoms with Crippen LogP contribution in [0.2, 0.25) is 0 Å². The lowest BCUT2D eigenvalue weighted by Gasteiger charge is -2.26. The minimum Gasteiger partial charge on any atom is -0.390 e. The van der Waals surface area contributed by atoms with Gasteiger partial charge in [-0.05, 0) is 0 Å². The molecule has 2 bridgehead atoms. The molecule has 3 fully saturated rings. The van der Waals surface area contributed by atoms with E-state index in [1.807, 2.05) is 6.92 Å². The maximum absolute atomic E-state index is 11.8. The number of hydrogen-bond donors (Lipinski definition) is 1. The molecule has 0 aromatic heterocycles. The quantitative estimate of drug-likeness (QED) is 0.522. The molecule has 0 aromatic carbocycles. The Morgan fingerprint density at radius 2 is 1.73 bits per heavy atom. The number of aliphatic hydroxyl groups excluding tert-OH is 1. The molecule has 0 spiro atoms. The lowest BCUT2D eigenvalue weighted by Crippen LogP contribution is -2.43. The van der Waals surface area contributed by atoms with Crippen molar-refractivity contribution in [2.24, 2.45) is 17.8 Å². The number of hydrogen-bond acceptors (Lipinski definition) is 4. The number of ether oxygens (including phenoxy) is 1. The van der Waals surface area contributed by atoms with Crippen LogP contribution in [0.5, 0.6) is 0 Å². The van der Waals surface area contributed by atoms with Crippen molar-refractivity contribution in [3.05, 3.63) is 0 Å². The first kappa shape index (κ1) is 9.30. The Balaban J connectivity index is 2.02. The molecule has 1 N–H and O–H groups in total. The van der Waals surface area contributed by atoms with E-state index in [-0.39, 0.29) is 29.8 Å². The summed E-state index contributed by atoms with van der Waals surface area (Å²) in [6, 6.07) is 0. The lowest BCUT2D eigenvalue weighted by atomic mass is 9.74. The van der Waals surface area contributed by atoms with E-state index in [2.05, 4.69) is 0 Å². The molecule has 4 unspecified atom stereocenters. The Bertz CT molecular complexity index is 323. The molecule has 3 saturated heterocycles. The average molecular weight is 211 g/mol. The smallest absolute Gasteiger partial charge is 0.235 e. The molecule has 0 radical (unpaired) electrons.